The van der Waals surface area contributed by atoms with Crippen LogP contribution in [-0.4, -0.2) is 17.1 Å². The third-order valence-electron chi connectivity index (χ3n) is 2.76. The lowest BCUT2D eigenvalue weighted by Gasteiger charge is -2.22. The van der Waals surface area contributed by atoms with Gasteiger partial charge < -0.3 is 10.4 Å². The van der Waals surface area contributed by atoms with Gasteiger partial charge in [0.25, 0.3) is 0 Å². The van der Waals surface area contributed by atoms with Gasteiger partial charge in [-0.2, -0.15) is 0 Å². The zero-order valence-electron chi connectivity index (χ0n) is 10.1. The SMILES string of the molecule is CCCC(C)C(Nc1ccccc1Br)C(=O)O. The third kappa shape index (κ3) is 4.04. The maximum Gasteiger partial charge on any atom is 0.326 e. The van der Waals surface area contributed by atoms with Gasteiger partial charge in [-0.25, -0.2) is 4.79 Å². The third-order valence-corrected chi connectivity index (χ3v) is 3.46. The first-order valence-electron chi connectivity index (χ1n) is 5.80. The van der Waals surface area contributed by atoms with E-state index in [4.69, 9.17) is 0 Å². The molecular weight excluding hydrogens is 282 g/mol. The van der Waals surface area contributed by atoms with Gasteiger partial charge in [0.1, 0.15) is 6.04 Å². The van der Waals surface area contributed by atoms with Crippen molar-refractivity contribution in [2.75, 3.05) is 5.32 Å². The summed E-state index contributed by atoms with van der Waals surface area (Å²) >= 11 is 3.41. The maximum absolute atomic E-state index is 11.3. The molecule has 3 nitrogen and oxygen atoms in total. The summed E-state index contributed by atoms with van der Waals surface area (Å²) in [5.41, 5.74) is 0.822. The average Bonchev–Trinajstić information content (AvgIpc) is 2.27. The molecule has 2 unspecified atom stereocenters. The number of rotatable bonds is 6. The van der Waals surface area contributed by atoms with Gasteiger partial charge >= 0.3 is 5.97 Å². The molecule has 0 amide bonds. The molecule has 4 heteroatoms. The number of halogens is 1. The Kier molecular flexibility index (Phi) is 5.48. The number of aliphatic carboxylic acids is 1. The lowest BCUT2D eigenvalue weighted by atomic mass is 9.96. The van der Waals surface area contributed by atoms with Gasteiger partial charge in [0.2, 0.25) is 0 Å². The zero-order valence-corrected chi connectivity index (χ0v) is 11.7. The molecule has 0 heterocycles. The number of carboxylic acids is 1. The monoisotopic (exact) mass is 299 g/mol. The molecular formula is C13H18BrNO2. The van der Waals surface area contributed by atoms with Crippen molar-refractivity contribution in [2.45, 2.75) is 32.7 Å². The Balaban J connectivity index is 2.80. The number of carbonyl (C=O) groups is 1. The van der Waals surface area contributed by atoms with Crippen LogP contribution in [0.3, 0.4) is 0 Å². The molecule has 0 spiro atoms. The van der Waals surface area contributed by atoms with Crippen molar-refractivity contribution in [3.63, 3.8) is 0 Å². The molecule has 2 atom stereocenters. The van der Waals surface area contributed by atoms with Gasteiger partial charge in [-0.05, 0) is 40.4 Å². The van der Waals surface area contributed by atoms with Crippen LogP contribution in [0.15, 0.2) is 28.7 Å². The molecule has 1 aromatic carbocycles. The molecule has 0 fully saturated rings. The van der Waals surface area contributed by atoms with E-state index < -0.39 is 12.0 Å². The number of benzene rings is 1. The number of anilines is 1. The predicted octanol–water partition coefficient (Wildman–Crippen LogP) is 3.75. The molecule has 94 valence electrons. The van der Waals surface area contributed by atoms with Crippen molar-refractivity contribution in [2.24, 2.45) is 5.92 Å². The summed E-state index contributed by atoms with van der Waals surface area (Å²) in [6.45, 7) is 4.03. The van der Waals surface area contributed by atoms with Crippen molar-refractivity contribution in [1.29, 1.82) is 0 Å². The summed E-state index contributed by atoms with van der Waals surface area (Å²) in [4.78, 5) is 11.3. The van der Waals surface area contributed by atoms with Gasteiger partial charge in [0.15, 0.2) is 0 Å². The van der Waals surface area contributed by atoms with Crippen LogP contribution in [0, 0.1) is 5.92 Å². The molecule has 0 aromatic heterocycles. The molecule has 0 saturated carbocycles. The summed E-state index contributed by atoms with van der Waals surface area (Å²) in [7, 11) is 0. The molecule has 1 rings (SSSR count). The van der Waals surface area contributed by atoms with Gasteiger partial charge in [-0.15, -0.1) is 0 Å². The highest BCUT2D eigenvalue weighted by molar-refractivity contribution is 9.10. The van der Waals surface area contributed by atoms with Crippen LogP contribution >= 0.6 is 15.9 Å². The van der Waals surface area contributed by atoms with Gasteiger partial charge in [0, 0.05) is 10.2 Å². The van der Waals surface area contributed by atoms with Gasteiger partial charge in [-0.1, -0.05) is 32.4 Å². The molecule has 17 heavy (non-hydrogen) atoms. The van der Waals surface area contributed by atoms with Crippen LogP contribution in [-0.2, 0) is 4.79 Å². The predicted molar refractivity (Wildman–Crippen MR) is 73.3 cm³/mol. The highest BCUT2D eigenvalue weighted by atomic mass is 79.9. The number of hydrogen-bond donors (Lipinski definition) is 2. The lowest BCUT2D eigenvalue weighted by molar-refractivity contribution is -0.139. The molecule has 2 N–H and O–H groups in total. The second kappa shape index (κ2) is 6.64. The first-order valence-corrected chi connectivity index (χ1v) is 6.59. The Morgan fingerprint density at radius 1 is 1.47 bits per heavy atom. The number of carboxylic acid groups (broad SMARTS) is 1. The fourth-order valence-electron chi connectivity index (χ4n) is 1.82. The van der Waals surface area contributed by atoms with E-state index in [9.17, 15) is 9.90 Å². The quantitative estimate of drug-likeness (QED) is 0.841. The molecule has 0 bridgehead atoms. The molecule has 0 aliphatic rings. The first-order chi connectivity index (χ1) is 8.06. The Bertz CT molecular complexity index is 381. The molecule has 0 saturated heterocycles. The second-order valence-corrected chi connectivity index (χ2v) is 5.06. The maximum atomic E-state index is 11.3. The fourth-order valence-corrected chi connectivity index (χ4v) is 2.21. The van der Waals surface area contributed by atoms with Gasteiger partial charge in [-0.3, -0.25) is 0 Å². The van der Waals surface area contributed by atoms with Crippen molar-refractivity contribution in [3.8, 4) is 0 Å². The number of nitrogens with one attached hydrogen (secondary N) is 1. The van der Waals surface area contributed by atoms with Crippen LogP contribution in [0.5, 0.6) is 0 Å². The second-order valence-electron chi connectivity index (χ2n) is 4.21. The summed E-state index contributed by atoms with van der Waals surface area (Å²) < 4.78 is 0.884. The van der Waals surface area contributed by atoms with E-state index in [1.807, 2.05) is 31.2 Å². The fraction of sp³-hybridized carbons (Fsp3) is 0.462. The van der Waals surface area contributed by atoms with Gasteiger partial charge in [0.05, 0.1) is 0 Å². The Hall–Kier alpha value is -1.03. The summed E-state index contributed by atoms with van der Waals surface area (Å²) in [6.07, 6.45) is 1.89. The Morgan fingerprint density at radius 2 is 2.12 bits per heavy atom. The highest BCUT2D eigenvalue weighted by Crippen LogP contribution is 2.24. The van der Waals surface area contributed by atoms with Crippen molar-refractivity contribution < 1.29 is 9.90 Å². The first kappa shape index (κ1) is 14.0. The molecule has 0 aliphatic carbocycles. The lowest BCUT2D eigenvalue weighted by Crippen LogP contribution is -2.35. The van der Waals surface area contributed by atoms with Crippen LogP contribution in [0.25, 0.3) is 0 Å². The van der Waals surface area contributed by atoms with Crippen LogP contribution in [0.4, 0.5) is 5.69 Å². The van der Waals surface area contributed by atoms with Crippen molar-refractivity contribution in [3.05, 3.63) is 28.7 Å². The van der Waals surface area contributed by atoms with E-state index in [1.165, 1.54) is 0 Å². The molecule has 0 aliphatic heterocycles. The standard InChI is InChI=1S/C13H18BrNO2/c1-3-6-9(2)12(13(16)17)15-11-8-5-4-7-10(11)14/h4-5,7-9,12,15H,3,6H2,1-2H3,(H,16,17). The van der Waals surface area contributed by atoms with Crippen molar-refractivity contribution in [1.82, 2.24) is 0 Å². The normalized spacial score (nSPS) is 14.1. The Morgan fingerprint density at radius 3 is 2.65 bits per heavy atom. The van der Waals surface area contributed by atoms with E-state index in [1.54, 1.807) is 0 Å². The largest absolute Gasteiger partial charge is 0.480 e. The van der Waals surface area contributed by atoms with E-state index >= 15 is 0 Å². The van der Waals surface area contributed by atoms with E-state index in [0.29, 0.717) is 0 Å². The number of para-hydroxylation sites is 1. The van der Waals surface area contributed by atoms with E-state index in [0.717, 1.165) is 23.0 Å². The number of hydrogen-bond acceptors (Lipinski definition) is 2. The van der Waals surface area contributed by atoms with Crippen LogP contribution in [0.2, 0.25) is 0 Å². The summed E-state index contributed by atoms with van der Waals surface area (Å²) in [5.74, 6) is -0.702. The Labute approximate surface area is 110 Å². The minimum Gasteiger partial charge on any atom is -0.480 e. The summed E-state index contributed by atoms with van der Waals surface area (Å²) in [6, 6.07) is 7.01. The zero-order chi connectivity index (χ0) is 12.8. The summed E-state index contributed by atoms with van der Waals surface area (Å²) in [5, 5.41) is 12.3. The van der Waals surface area contributed by atoms with E-state index in [-0.39, 0.29) is 5.92 Å². The van der Waals surface area contributed by atoms with E-state index in [2.05, 4.69) is 28.2 Å². The minimum atomic E-state index is -0.804. The average molecular weight is 300 g/mol. The van der Waals surface area contributed by atoms with Crippen LogP contribution < -0.4 is 5.32 Å². The smallest absolute Gasteiger partial charge is 0.326 e. The minimum absolute atomic E-state index is 0.101. The van der Waals surface area contributed by atoms with Crippen LogP contribution in [0.1, 0.15) is 26.7 Å². The topological polar surface area (TPSA) is 49.3 Å². The highest BCUT2D eigenvalue weighted by Gasteiger charge is 2.24. The molecule has 0 radical (unpaired) electrons. The van der Waals surface area contributed by atoms with Crippen molar-refractivity contribution >= 4 is 27.6 Å². The molecule has 1 aromatic rings.